The number of hydrogen-bond donors (Lipinski definition) is 0. The highest BCUT2D eigenvalue weighted by Crippen LogP contribution is 2.32. The van der Waals surface area contributed by atoms with Crippen LogP contribution in [-0.4, -0.2) is 10.2 Å². The zero-order chi connectivity index (χ0) is 10.9. The first-order valence-corrected chi connectivity index (χ1v) is 4.40. The molecule has 0 unspecified atom stereocenters. The van der Waals surface area contributed by atoms with Gasteiger partial charge in [0.15, 0.2) is 0 Å². The zero-order valence-corrected chi connectivity index (χ0v) is 8.67. The highest BCUT2D eigenvalue weighted by atomic mass is 35.5. The SMILES string of the molecule is O=C(Cl)c1c(Cl)ncc(C(F)F)c1Cl. The quantitative estimate of drug-likeness (QED) is 0.599. The van der Waals surface area contributed by atoms with Crippen molar-refractivity contribution in [1.29, 1.82) is 0 Å². The summed E-state index contributed by atoms with van der Waals surface area (Å²) >= 11 is 16.0. The van der Waals surface area contributed by atoms with E-state index in [2.05, 4.69) is 4.98 Å². The molecule has 0 aliphatic carbocycles. The summed E-state index contributed by atoms with van der Waals surface area (Å²) in [5, 5.41) is -1.77. The molecule has 0 atom stereocenters. The fraction of sp³-hybridized carbons (Fsp3) is 0.143. The molecule has 0 amide bonds. The largest absolute Gasteiger partial charge is 0.275 e. The summed E-state index contributed by atoms with van der Waals surface area (Å²) < 4.78 is 24.6. The van der Waals surface area contributed by atoms with E-state index in [1.54, 1.807) is 0 Å². The van der Waals surface area contributed by atoms with E-state index in [0.29, 0.717) is 0 Å². The zero-order valence-electron chi connectivity index (χ0n) is 6.40. The third kappa shape index (κ3) is 2.13. The molecular formula is C7H2Cl3F2NO. The van der Waals surface area contributed by atoms with Gasteiger partial charge in [-0.1, -0.05) is 23.2 Å². The first-order valence-electron chi connectivity index (χ1n) is 3.27. The fourth-order valence-corrected chi connectivity index (χ4v) is 1.67. The van der Waals surface area contributed by atoms with Crippen molar-refractivity contribution >= 4 is 40.0 Å². The van der Waals surface area contributed by atoms with Gasteiger partial charge in [0.1, 0.15) is 5.15 Å². The molecule has 0 saturated carbocycles. The summed E-state index contributed by atoms with van der Waals surface area (Å²) in [7, 11) is 0. The van der Waals surface area contributed by atoms with Crippen LogP contribution in [0.15, 0.2) is 6.20 Å². The van der Waals surface area contributed by atoms with Crippen molar-refractivity contribution in [3.05, 3.63) is 27.5 Å². The Morgan fingerprint density at radius 2 is 2.00 bits per heavy atom. The molecule has 1 rings (SSSR count). The number of rotatable bonds is 2. The van der Waals surface area contributed by atoms with Gasteiger partial charge in [-0.15, -0.1) is 0 Å². The summed E-state index contributed by atoms with van der Waals surface area (Å²) in [6.07, 6.45) is -2.03. The summed E-state index contributed by atoms with van der Waals surface area (Å²) in [6.45, 7) is 0. The number of carbonyl (C=O) groups is 1. The van der Waals surface area contributed by atoms with E-state index in [9.17, 15) is 13.6 Å². The smallest absolute Gasteiger partial charge is 0.266 e. The van der Waals surface area contributed by atoms with E-state index >= 15 is 0 Å². The fourth-order valence-electron chi connectivity index (χ4n) is 0.802. The first kappa shape index (κ1) is 11.6. The normalized spacial score (nSPS) is 10.7. The second-order valence-electron chi connectivity index (χ2n) is 2.27. The Labute approximate surface area is 92.8 Å². The van der Waals surface area contributed by atoms with Crippen LogP contribution in [0, 0.1) is 0 Å². The summed E-state index contributed by atoms with van der Waals surface area (Å²) in [4.78, 5) is 14.2. The number of hydrogen-bond acceptors (Lipinski definition) is 2. The Balaban J connectivity index is 3.41. The van der Waals surface area contributed by atoms with Gasteiger partial charge in [-0.05, 0) is 11.6 Å². The average Bonchev–Trinajstić information content (AvgIpc) is 2.02. The third-order valence-electron chi connectivity index (χ3n) is 1.43. The molecule has 1 aromatic heterocycles. The van der Waals surface area contributed by atoms with Gasteiger partial charge in [-0.3, -0.25) is 4.79 Å². The number of nitrogens with zero attached hydrogens (tertiary/aromatic N) is 1. The van der Waals surface area contributed by atoms with Gasteiger partial charge in [0.25, 0.3) is 11.7 Å². The Morgan fingerprint density at radius 3 is 2.43 bits per heavy atom. The monoisotopic (exact) mass is 259 g/mol. The number of carbonyl (C=O) groups excluding carboxylic acids is 1. The molecule has 0 fully saturated rings. The van der Waals surface area contributed by atoms with Crippen molar-refractivity contribution in [2.24, 2.45) is 0 Å². The lowest BCUT2D eigenvalue weighted by molar-refractivity contribution is 0.108. The predicted molar refractivity (Wildman–Crippen MR) is 49.4 cm³/mol. The molecule has 0 bridgehead atoms. The lowest BCUT2D eigenvalue weighted by Crippen LogP contribution is -1.99. The minimum atomic E-state index is -2.83. The number of alkyl halides is 2. The standard InChI is InChI=1S/C7H2Cl3F2NO/c8-4-2(7(11)12)1-13-5(9)3(4)6(10)14/h1,7H. The average molecular weight is 260 g/mol. The third-order valence-corrected chi connectivity index (χ3v) is 2.31. The van der Waals surface area contributed by atoms with E-state index in [-0.39, 0.29) is 5.15 Å². The maximum absolute atomic E-state index is 12.3. The van der Waals surface area contributed by atoms with E-state index in [4.69, 9.17) is 34.8 Å². The van der Waals surface area contributed by atoms with Gasteiger partial charge in [-0.25, -0.2) is 13.8 Å². The van der Waals surface area contributed by atoms with Crippen LogP contribution in [0.3, 0.4) is 0 Å². The second kappa shape index (κ2) is 4.38. The van der Waals surface area contributed by atoms with Crippen LogP contribution in [0.2, 0.25) is 10.2 Å². The maximum Gasteiger partial charge on any atom is 0.266 e. The molecule has 0 radical (unpaired) electrons. The first-order chi connectivity index (χ1) is 6.45. The van der Waals surface area contributed by atoms with Crippen molar-refractivity contribution in [2.45, 2.75) is 6.43 Å². The minimum Gasteiger partial charge on any atom is -0.275 e. The van der Waals surface area contributed by atoms with Crippen LogP contribution >= 0.6 is 34.8 Å². The molecule has 0 aromatic carbocycles. The molecule has 0 N–H and O–H groups in total. The van der Waals surface area contributed by atoms with Crippen molar-refractivity contribution < 1.29 is 13.6 Å². The van der Waals surface area contributed by atoms with Crippen LogP contribution < -0.4 is 0 Å². The molecule has 2 nitrogen and oxygen atoms in total. The van der Waals surface area contributed by atoms with Crippen molar-refractivity contribution in [3.63, 3.8) is 0 Å². The number of aromatic nitrogens is 1. The lowest BCUT2D eigenvalue weighted by atomic mass is 10.2. The van der Waals surface area contributed by atoms with Crippen molar-refractivity contribution in [2.75, 3.05) is 0 Å². The van der Waals surface area contributed by atoms with Crippen LogP contribution in [0.4, 0.5) is 8.78 Å². The topological polar surface area (TPSA) is 30.0 Å². The summed E-state index contributed by atoms with van der Waals surface area (Å²) in [5.41, 5.74) is -0.965. The molecule has 0 aliphatic rings. The molecule has 0 aliphatic heterocycles. The Morgan fingerprint density at radius 1 is 1.43 bits per heavy atom. The molecule has 76 valence electrons. The highest BCUT2D eigenvalue weighted by Gasteiger charge is 2.21. The van der Waals surface area contributed by atoms with E-state index in [1.807, 2.05) is 0 Å². The van der Waals surface area contributed by atoms with Crippen LogP contribution in [0.5, 0.6) is 0 Å². The van der Waals surface area contributed by atoms with Gasteiger partial charge in [0, 0.05) is 6.20 Å². The Kier molecular flexibility index (Phi) is 3.64. The predicted octanol–water partition coefficient (Wildman–Crippen LogP) is 3.71. The van der Waals surface area contributed by atoms with Crippen LogP contribution in [0.1, 0.15) is 22.3 Å². The van der Waals surface area contributed by atoms with Crippen LogP contribution in [-0.2, 0) is 0 Å². The molecule has 1 heterocycles. The number of halogens is 5. The highest BCUT2D eigenvalue weighted by molar-refractivity contribution is 6.69. The van der Waals surface area contributed by atoms with Gasteiger partial charge < -0.3 is 0 Å². The molecule has 7 heteroatoms. The lowest BCUT2D eigenvalue weighted by Gasteiger charge is -2.06. The van der Waals surface area contributed by atoms with E-state index in [0.717, 1.165) is 6.20 Å². The van der Waals surface area contributed by atoms with Gasteiger partial charge in [0.2, 0.25) is 0 Å². The maximum atomic E-state index is 12.3. The van der Waals surface area contributed by atoms with Crippen LogP contribution in [0.25, 0.3) is 0 Å². The Hall–Kier alpha value is -0.450. The van der Waals surface area contributed by atoms with Gasteiger partial charge >= 0.3 is 0 Å². The summed E-state index contributed by atoms with van der Waals surface area (Å²) in [5.74, 6) is 0. The van der Waals surface area contributed by atoms with Gasteiger partial charge in [-0.2, -0.15) is 0 Å². The summed E-state index contributed by atoms with van der Waals surface area (Å²) in [6, 6.07) is 0. The minimum absolute atomic E-state index is 0.292. The molecule has 0 spiro atoms. The molecule has 0 saturated heterocycles. The number of pyridine rings is 1. The van der Waals surface area contributed by atoms with Crippen molar-refractivity contribution in [1.82, 2.24) is 4.98 Å². The van der Waals surface area contributed by atoms with Gasteiger partial charge in [0.05, 0.1) is 16.1 Å². The van der Waals surface area contributed by atoms with E-state index < -0.39 is 27.8 Å². The Bertz CT molecular complexity index is 383. The van der Waals surface area contributed by atoms with Crippen molar-refractivity contribution in [3.8, 4) is 0 Å². The second-order valence-corrected chi connectivity index (χ2v) is 3.35. The molecule has 1 aromatic rings. The van der Waals surface area contributed by atoms with E-state index in [1.165, 1.54) is 0 Å². The molecular weight excluding hydrogens is 258 g/mol. The molecule has 14 heavy (non-hydrogen) atoms.